The molecule has 1 amide bonds. The molecule has 0 radical (unpaired) electrons. The lowest BCUT2D eigenvalue weighted by molar-refractivity contribution is -0.384. The van der Waals surface area contributed by atoms with Crippen LogP contribution in [0.4, 0.5) is 17.1 Å². The number of nitrogens with one attached hydrogen (secondary N) is 2. The maximum Gasteiger partial charge on any atom is 0.326 e. The van der Waals surface area contributed by atoms with Crippen LogP contribution in [0, 0.1) is 16.0 Å². The van der Waals surface area contributed by atoms with Gasteiger partial charge in [-0.25, -0.2) is 4.79 Å². The quantitative estimate of drug-likeness (QED) is 0.565. The molecule has 0 aromatic heterocycles. The number of carbonyl (C=O) groups excluding carboxylic acids is 1. The minimum Gasteiger partial charge on any atom is -0.480 e. The van der Waals surface area contributed by atoms with E-state index in [4.69, 9.17) is 0 Å². The first-order chi connectivity index (χ1) is 10.3. The Labute approximate surface area is 126 Å². The Balaban J connectivity index is 2.44. The maximum atomic E-state index is 11.4. The predicted molar refractivity (Wildman–Crippen MR) is 79.9 cm³/mol. The van der Waals surface area contributed by atoms with Crippen LogP contribution >= 0.6 is 0 Å². The van der Waals surface area contributed by atoms with Gasteiger partial charge in [-0.2, -0.15) is 0 Å². The summed E-state index contributed by atoms with van der Waals surface area (Å²) in [6.07, 6.45) is 0.704. The first-order valence-corrected chi connectivity index (χ1v) is 6.90. The highest BCUT2D eigenvalue weighted by Crippen LogP contribution is 2.34. The van der Waals surface area contributed by atoms with Crippen molar-refractivity contribution in [3.8, 4) is 0 Å². The van der Waals surface area contributed by atoms with Crippen molar-refractivity contribution in [2.24, 2.45) is 5.92 Å². The second-order valence-electron chi connectivity index (χ2n) is 5.54. The summed E-state index contributed by atoms with van der Waals surface area (Å²) < 4.78 is 0. The average Bonchev–Trinajstić information content (AvgIpc) is 2.42. The standard InChI is InChI=1S/C14H17N3O5/c1-7(2)13(14(19)20)16-10-6-9-8(3-4-12(18)15-9)5-11(10)17(21)22/h5-7,13,16H,3-4H2,1-2H3,(H,15,18)(H,19,20)/t13-/m1/s1. The summed E-state index contributed by atoms with van der Waals surface area (Å²) >= 11 is 0. The van der Waals surface area contributed by atoms with Gasteiger partial charge in [0.15, 0.2) is 0 Å². The van der Waals surface area contributed by atoms with Crippen LogP contribution in [0.5, 0.6) is 0 Å². The largest absolute Gasteiger partial charge is 0.480 e. The van der Waals surface area contributed by atoms with Crippen molar-refractivity contribution in [2.75, 3.05) is 10.6 Å². The van der Waals surface area contributed by atoms with Crippen LogP contribution in [-0.4, -0.2) is 27.9 Å². The number of aryl methyl sites for hydroxylation is 1. The first-order valence-electron chi connectivity index (χ1n) is 6.90. The number of carboxylic acid groups (broad SMARTS) is 1. The summed E-state index contributed by atoms with van der Waals surface area (Å²) in [4.78, 5) is 33.4. The summed E-state index contributed by atoms with van der Waals surface area (Å²) in [6, 6.07) is 1.86. The monoisotopic (exact) mass is 307 g/mol. The van der Waals surface area contributed by atoms with Crippen molar-refractivity contribution < 1.29 is 19.6 Å². The maximum absolute atomic E-state index is 11.4. The third-order valence-corrected chi connectivity index (χ3v) is 3.56. The second-order valence-corrected chi connectivity index (χ2v) is 5.54. The minimum atomic E-state index is -1.09. The fourth-order valence-corrected chi connectivity index (χ4v) is 2.36. The number of amides is 1. The van der Waals surface area contributed by atoms with Crippen molar-refractivity contribution in [1.29, 1.82) is 0 Å². The van der Waals surface area contributed by atoms with Crippen LogP contribution in [0.2, 0.25) is 0 Å². The first kappa shape index (κ1) is 15.7. The van der Waals surface area contributed by atoms with Crippen LogP contribution < -0.4 is 10.6 Å². The van der Waals surface area contributed by atoms with Gasteiger partial charge in [0.2, 0.25) is 5.91 Å². The number of carboxylic acids is 1. The van der Waals surface area contributed by atoms with E-state index in [-0.39, 0.29) is 29.6 Å². The molecule has 0 bridgehead atoms. The summed E-state index contributed by atoms with van der Waals surface area (Å²) in [5.74, 6) is -1.51. The van der Waals surface area contributed by atoms with Gasteiger partial charge in [0.05, 0.1) is 4.92 Å². The molecule has 8 nitrogen and oxygen atoms in total. The van der Waals surface area contributed by atoms with Crippen molar-refractivity contribution in [2.45, 2.75) is 32.7 Å². The van der Waals surface area contributed by atoms with E-state index in [2.05, 4.69) is 10.6 Å². The molecular weight excluding hydrogens is 290 g/mol. The molecule has 0 aliphatic carbocycles. The lowest BCUT2D eigenvalue weighted by Gasteiger charge is -2.22. The van der Waals surface area contributed by atoms with Crippen molar-refractivity contribution in [3.05, 3.63) is 27.8 Å². The predicted octanol–water partition coefficient (Wildman–Crippen LogP) is 2.00. The zero-order valence-electron chi connectivity index (χ0n) is 12.3. The fraction of sp³-hybridized carbons (Fsp3) is 0.429. The number of nitro groups is 1. The van der Waals surface area contributed by atoms with Crippen LogP contribution in [0.25, 0.3) is 0 Å². The van der Waals surface area contributed by atoms with Gasteiger partial charge in [0.25, 0.3) is 5.69 Å². The number of fused-ring (bicyclic) bond motifs is 1. The Morgan fingerprint density at radius 3 is 2.64 bits per heavy atom. The molecule has 1 aromatic rings. The molecule has 1 aromatic carbocycles. The Hall–Kier alpha value is -2.64. The Bertz CT molecular complexity index is 642. The molecule has 1 aliphatic rings. The number of anilines is 2. The third kappa shape index (κ3) is 3.16. The van der Waals surface area contributed by atoms with Gasteiger partial charge in [-0.3, -0.25) is 14.9 Å². The normalized spacial score (nSPS) is 15.0. The molecule has 3 N–H and O–H groups in total. The van der Waals surface area contributed by atoms with Crippen LogP contribution in [-0.2, 0) is 16.0 Å². The highest BCUT2D eigenvalue weighted by atomic mass is 16.6. The van der Waals surface area contributed by atoms with E-state index in [1.54, 1.807) is 13.8 Å². The highest BCUT2D eigenvalue weighted by Gasteiger charge is 2.27. The minimum absolute atomic E-state index is 0.0899. The van der Waals surface area contributed by atoms with Crippen LogP contribution in [0.15, 0.2) is 12.1 Å². The number of benzene rings is 1. The molecule has 2 rings (SSSR count). The summed E-state index contributed by atoms with van der Waals surface area (Å²) in [6.45, 7) is 3.41. The summed E-state index contributed by atoms with van der Waals surface area (Å²) in [5.41, 5.74) is 1.05. The Kier molecular flexibility index (Phi) is 4.30. The number of hydrogen-bond donors (Lipinski definition) is 3. The number of carbonyl (C=O) groups is 2. The van der Waals surface area contributed by atoms with Gasteiger partial charge >= 0.3 is 5.97 Å². The smallest absolute Gasteiger partial charge is 0.326 e. The fourth-order valence-electron chi connectivity index (χ4n) is 2.36. The van der Waals surface area contributed by atoms with E-state index in [1.165, 1.54) is 12.1 Å². The van der Waals surface area contributed by atoms with Crippen LogP contribution in [0.1, 0.15) is 25.8 Å². The number of rotatable bonds is 5. The van der Waals surface area contributed by atoms with E-state index >= 15 is 0 Å². The van der Waals surface area contributed by atoms with Crippen molar-refractivity contribution >= 4 is 28.9 Å². The number of hydrogen-bond acceptors (Lipinski definition) is 5. The molecule has 1 aliphatic heterocycles. The van der Waals surface area contributed by atoms with Gasteiger partial charge in [-0.05, 0) is 24.0 Å². The lowest BCUT2D eigenvalue weighted by Crippen LogP contribution is -2.34. The van der Waals surface area contributed by atoms with E-state index in [1.807, 2.05) is 0 Å². The molecule has 0 fully saturated rings. The van der Waals surface area contributed by atoms with Crippen molar-refractivity contribution in [1.82, 2.24) is 0 Å². The van der Waals surface area contributed by atoms with Gasteiger partial charge < -0.3 is 15.7 Å². The molecule has 0 saturated heterocycles. The Morgan fingerprint density at radius 2 is 2.09 bits per heavy atom. The molecule has 0 saturated carbocycles. The Morgan fingerprint density at radius 1 is 1.41 bits per heavy atom. The average molecular weight is 307 g/mol. The third-order valence-electron chi connectivity index (χ3n) is 3.56. The SMILES string of the molecule is CC(C)[C@@H](Nc1cc2c(cc1[N+](=O)[O-])CCC(=O)N2)C(=O)O. The van der Waals surface area contributed by atoms with Gasteiger partial charge in [0.1, 0.15) is 11.7 Å². The molecular formula is C14H17N3O5. The molecule has 1 atom stereocenters. The number of nitro benzene ring substituents is 1. The second kappa shape index (κ2) is 6.00. The van der Waals surface area contributed by atoms with E-state index in [0.29, 0.717) is 17.7 Å². The van der Waals surface area contributed by atoms with E-state index < -0.39 is 16.9 Å². The topological polar surface area (TPSA) is 122 Å². The molecule has 0 spiro atoms. The zero-order chi connectivity index (χ0) is 16.4. The molecule has 118 valence electrons. The molecule has 1 heterocycles. The van der Waals surface area contributed by atoms with Gasteiger partial charge in [-0.1, -0.05) is 13.8 Å². The van der Waals surface area contributed by atoms with Crippen LogP contribution in [0.3, 0.4) is 0 Å². The van der Waals surface area contributed by atoms with Gasteiger partial charge in [0, 0.05) is 18.2 Å². The van der Waals surface area contributed by atoms with E-state index in [0.717, 1.165) is 0 Å². The van der Waals surface area contributed by atoms with Gasteiger partial charge in [-0.15, -0.1) is 0 Å². The van der Waals surface area contributed by atoms with E-state index in [9.17, 15) is 24.8 Å². The van der Waals surface area contributed by atoms with Crippen molar-refractivity contribution in [3.63, 3.8) is 0 Å². The summed E-state index contributed by atoms with van der Waals surface area (Å²) in [7, 11) is 0. The summed E-state index contributed by atoms with van der Waals surface area (Å²) in [5, 5.41) is 25.8. The number of aliphatic carboxylic acids is 1. The lowest BCUT2D eigenvalue weighted by atomic mass is 10.00. The molecule has 8 heteroatoms. The highest BCUT2D eigenvalue weighted by molar-refractivity contribution is 5.95. The molecule has 0 unspecified atom stereocenters. The molecule has 22 heavy (non-hydrogen) atoms. The zero-order valence-corrected chi connectivity index (χ0v) is 12.3. The number of nitrogens with zero attached hydrogens (tertiary/aromatic N) is 1.